The zero-order valence-corrected chi connectivity index (χ0v) is 15.8. The average Bonchev–Trinajstić information content (AvgIpc) is 2.43. The molecule has 0 aromatic heterocycles. The van der Waals surface area contributed by atoms with Crippen molar-refractivity contribution in [2.45, 2.75) is 45.8 Å². The van der Waals surface area contributed by atoms with Crippen molar-refractivity contribution >= 4 is 14.4 Å². The molecule has 0 aliphatic heterocycles. The molecule has 0 radical (unpaired) electrons. The van der Waals surface area contributed by atoms with Gasteiger partial charge in [0.2, 0.25) is 0 Å². The fourth-order valence-corrected chi connectivity index (χ4v) is 2.73. The van der Waals surface area contributed by atoms with Gasteiger partial charge in [0.1, 0.15) is 12.4 Å². The first kappa shape index (κ1) is 18.9. The maximum Gasteiger partial charge on any atom is 0.192 e. The van der Waals surface area contributed by atoms with Gasteiger partial charge in [-0.2, -0.15) is 0 Å². The first-order chi connectivity index (χ1) is 10.2. The Balaban J connectivity index is 2.60. The van der Waals surface area contributed by atoms with Crippen LogP contribution in [0.15, 0.2) is 29.8 Å². The molecule has 0 unspecified atom stereocenters. The summed E-state index contributed by atoms with van der Waals surface area (Å²) in [6, 6.07) is 7.86. The van der Waals surface area contributed by atoms with Crippen LogP contribution in [0.4, 0.5) is 0 Å². The summed E-state index contributed by atoms with van der Waals surface area (Å²) < 4.78 is 12.0. The predicted molar refractivity (Wildman–Crippen MR) is 95.8 cm³/mol. The van der Waals surface area contributed by atoms with Crippen LogP contribution >= 0.6 is 0 Å². The van der Waals surface area contributed by atoms with Crippen molar-refractivity contribution in [3.63, 3.8) is 0 Å². The minimum absolute atomic E-state index is 0.0584. The molecule has 0 aliphatic carbocycles. The molecule has 1 aromatic carbocycles. The lowest BCUT2D eigenvalue weighted by atomic mass is 10.1. The molecular weight excluding hydrogens is 292 g/mol. The lowest BCUT2D eigenvalue weighted by Gasteiger charge is -2.36. The van der Waals surface area contributed by atoms with Crippen molar-refractivity contribution < 1.29 is 14.3 Å². The molecule has 0 aliphatic rings. The average molecular weight is 323 g/mol. The zero-order chi connectivity index (χ0) is 16.8. The monoisotopic (exact) mass is 322 g/mol. The molecule has 1 rings (SSSR count). The first-order valence-electron chi connectivity index (χ1n) is 7.81. The van der Waals surface area contributed by atoms with E-state index < -0.39 is 8.32 Å². The summed E-state index contributed by atoms with van der Waals surface area (Å²) in [6.07, 6.45) is 1.95. The third-order valence-corrected chi connectivity index (χ3v) is 8.72. The van der Waals surface area contributed by atoms with E-state index in [0.29, 0.717) is 13.2 Å². The second-order valence-corrected chi connectivity index (χ2v) is 12.0. The summed E-state index contributed by atoms with van der Waals surface area (Å²) in [4.78, 5) is 0. The summed E-state index contributed by atoms with van der Waals surface area (Å²) in [5.74, 6) is 0.828. The third-order valence-electron chi connectivity index (χ3n) is 4.18. The van der Waals surface area contributed by atoms with Crippen LogP contribution in [-0.2, 0) is 4.43 Å². The van der Waals surface area contributed by atoms with E-state index in [0.717, 1.165) is 16.9 Å². The minimum Gasteiger partial charge on any atom is -0.491 e. The van der Waals surface area contributed by atoms with Crippen molar-refractivity contribution in [1.29, 1.82) is 0 Å². The van der Waals surface area contributed by atoms with Gasteiger partial charge in [0.15, 0.2) is 8.32 Å². The van der Waals surface area contributed by atoms with Crippen LogP contribution in [0.1, 0.15) is 33.3 Å². The molecule has 22 heavy (non-hydrogen) atoms. The zero-order valence-electron chi connectivity index (χ0n) is 14.8. The maximum absolute atomic E-state index is 9.14. The Hall–Kier alpha value is -1.10. The van der Waals surface area contributed by atoms with Crippen molar-refractivity contribution in [2.75, 3.05) is 19.8 Å². The van der Waals surface area contributed by atoms with Gasteiger partial charge in [-0.1, -0.05) is 45.0 Å². The van der Waals surface area contributed by atoms with Gasteiger partial charge in [0.25, 0.3) is 0 Å². The molecular formula is C18H30O3Si. The van der Waals surface area contributed by atoms with Crippen molar-refractivity contribution in [1.82, 2.24) is 0 Å². The Morgan fingerprint density at radius 3 is 2.41 bits per heavy atom. The quantitative estimate of drug-likeness (QED) is 0.594. The van der Waals surface area contributed by atoms with Crippen molar-refractivity contribution in [3.8, 4) is 5.75 Å². The van der Waals surface area contributed by atoms with E-state index in [9.17, 15) is 0 Å². The molecule has 0 heterocycles. The Morgan fingerprint density at radius 1 is 1.18 bits per heavy atom. The Bertz CT molecular complexity index is 501. The number of para-hydroxylation sites is 1. The second kappa shape index (κ2) is 7.95. The number of ether oxygens (including phenoxy) is 1. The fourth-order valence-electron chi connectivity index (χ4n) is 1.71. The molecule has 0 saturated heterocycles. The highest BCUT2D eigenvalue weighted by atomic mass is 28.4. The van der Waals surface area contributed by atoms with Crippen LogP contribution in [0.5, 0.6) is 5.75 Å². The summed E-state index contributed by atoms with van der Waals surface area (Å²) in [6.45, 7) is 14.3. The minimum atomic E-state index is -1.71. The normalized spacial score (nSPS) is 13.3. The molecule has 124 valence electrons. The SMILES string of the molecule is CC(=Cc1ccccc1OCCO[Si](C)(C)C(C)(C)C)CO. The molecule has 0 fully saturated rings. The van der Waals surface area contributed by atoms with Gasteiger partial charge in [0, 0.05) is 5.56 Å². The molecule has 0 spiro atoms. The standard InChI is InChI=1S/C18H30O3Si/c1-15(14-19)13-16-9-7-8-10-17(16)20-11-12-21-22(5,6)18(2,3)4/h7-10,13,19H,11-12,14H2,1-6H3. The van der Waals surface area contributed by atoms with Crippen LogP contribution in [0, 0.1) is 0 Å². The van der Waals surface area contributed by atoms with Gasteiger partial charge < -0.3 is 14.3 Å². The van der Waals surface area contributed by atoms with E-state index in [1.165, 1.54) is 0 Å². The van der Waals surface area contributed by atoms with Crippen LogP contribution in [0.3, 0.4) is 0 Å². The van der Waals surface area contributed by atoms with E-state index in [2.05, 4.69) is 33.9 Å². The van der Waals surface area contributed by atoms with Crippen molar-refractivity contribution in [2.24, 2.45) is 0 Å². The summed E-state index contributed by atoms with van der Waals surface area (Å²) in [7, 11) is -1.71. The van der Waals surface area contributed by atoms with Crippen LogP contribution in [0.2, 0.25) is 18.1 Å². The largest absolute Gasteiger partial charge is 0.491 e. The highest BCUT2D eigenvalue weighted by Crippen LogP contribution is 2.36. The van der Waals surface area contributed by atoms with Crippen LogP contribution < -0.4 is 4.74 Å². The fraction of sp³-hybridized carbons (Fsp3) is 0.556. The van der Waals surface area contributed by atoms with Crippen LogP contribution in [-0.4, -0.2) is 33.2 Å². The molecule has 1 aromatic rings. The van der Waals surface area contributed by atoms with Gasteiger partial charge in [-0.15, -0.1) is 0 Å². The molecule has 0 amide bonds. The lowest BCUT2D eigenvalue weighted by molar-refractivity contribution is 0.203. The molecule has 0 atom stereocenters. The van der Waals surface area contributed by atoms with E-state index >= 15 is 0 Å². The van der Waals surface area contributed by atoms with E-state index in [-0.39, 0.29) is 11.6 Å². The molecule has 1 N–H and O–H groups in total. The summed E-state index contributed by atoms with van der Waals surface area (Å²) >= 11 is 0. The number of benzene rings is 1. The first-order valence-corrected chi connectivity index (χ1v) is 10.7. The Labute approximate surface area is 136 Å². The summed E-state index contributed by atoms with van der Waals surface area (Å²) in [5, 5.41) is 9.36. The Morgan fingerprint density at radius 2 is 1.82 bits per heavy atom. The van der Waals surface area contributed by atoms with E-state index in [1.807, 2.05) is 37.3 Å². The van der Waals surface area contributed by atoms with Gasteiger partial charge in [0.05, 0.1) is 13.2 Å². The molecule has 3 nitrogen and oxygen atoms in total. The highest BCUT2D eigenvalue weighted by Gasteiger charge is 2.36. The van der Waals surface area contributed by atoms with Gasteiger partial charge in [-0.25, -0.2) is 0 Å². The van der Waals surface area contributed by atoms with E-state index in [1.54, 1.807) is 0 Å². The number of rotatable bonds is 7. The van der Waals surface area contributed by atoms with Gasteiger partial charge >= 0.3 is 0 Å². The predicted octanol–water partition coefficient (Wildman–Crippen LogP) is 4.48. The number of aliphatic hydroxyl groups excluding tert-OH is 1. The number of hydrogen-bond donors (Lipinski definition) is 1. The lowest BCUT2D eigenvalue weighted by Crippen LogP contribution is -2.41. The Kier molecular flexibility index (Phi) is 6.85. The van der Waals surface area contributed by atoms with Crippen LogP contribution in [0.25, 0.3) is 6.08 Å². The third kappa shape index (κ3) is 5.59. The highest BCUT2D eigenvalue weighted by molar-refractivity contribution is 6.74. The molecule has 0 saturated carbocycles. The number of aliphatic hydroxyl groups is 1. The molecule has 0 bridgehead atoms. The number of hydrogen-bond acceptors (Lipinski definition) is 3. The van der Waals surface area contributed by atoms with Gasteiger partial charge in [-0.3, -0.25) is 0 Å². The van der Waals surface area contributed by atoms with Gasteiger partial charge in [-0.05, 0) is 36.7 Å². The smallest absolute Gasteiger partial charge is 0.192 e. The molecule has 4 heteroatoms. The maximum atomic E-state index is 9.14. The topological polar surface area (TPSA) is 38.7 Å². The summed E-state index contributed by atoms with van der Waals surface area (Å²) in [5.41, 5.74) is 1.90. The van der Waals surface area contributed by atoms with Crippen molar-refractivity contribution in [3.05, 3.63) is 35.4 Å². The second-order valence-electron chi connectivity index (χ2n) is 7.14. The van der Waals surface area contributed by atoms with E-state index in [4.69, 9.17) is 14.3 Å².